The Bertz CT molecular complexity index is 382. The number of halogens is 1. The molecule has 0 aromatic heterocycles. The van der Waals surface area contributed by atoms with Gasteiger partial charge in [-0.1, -0.05) is 0 Å². The Labute approximate surface area is 74.0 Å². The van der Waals surface area contributed by atoms with Crippen molar-refractivity contribution in [3.63, 3.8) is 0 Å². The third-order valence-corrected chi connectivity index (χ3v) is 1.44. The van der Waals surface area contributed by atoms with Gasteiger partial charge in [0.05, 0.1) is 18.1 Å². The van der Waals surface area contributed by atoms with Crippen molar-refractivity contribution in [1.29, 1.82) is 5.26 Å². The minimum atomic E-state index is -1.05. The first-order valence-electron chi connectivity index (χ1n) is 3.53. The first-order valence-corrected chi connectivity index (χ1v) is 3.53. The van der Waals surface area contributed by atoms with Crippen LogP contribution in [0.4, 0.5) is 4.39 Å². The summed E-state index contributed by atoms with van der Waals surface area (Å²) in [4.78, 5) is 10.3. The molecule has 0 saturated heterocycles. The normalized spacial score (nSPS) is 9.23. The molecule has 66 valence electrons. The molecule has 1 rings (SSSR count). The number of carbonyl (C=O) groups is 1. The van der Waals surface area contributed by atoms with Gasteiger partial charge in [-0.15, -0.1) is 0 Å². The molecule has 0 amide bonds. The molecule has 1 aromatic carbocycles. The summed E-state index contributed by atoms with van der Waals surface area (Å²) in [6.07, 6.45) is -0.271. The molecule has 0 aliphatic carbocycles. The lowest BCUT2D eigenvalue weighted by atomic mass is 10.1. The van der Waals surface area contributed by atoms with Gasteiger partial charge in [0.2, 0.25) is 0 Å². The van der Waals surface area contributed by atoms with Crippen molar-refractivity contribution >= 4 is 5.97 Å². The summed E-state index contributed by atoms with van der Waals surface area (Å²) in [5, 5.41) is 16.9. The van der Waals surface area contributed by atoms with Gasteiger partial charge in [-0.3, -0.25) is 4.79 Å². The van der Waals surface area contributed by atoms with E-state index in [1.807, 2.05) is 0 Å². The zero-order valence-corrected chi connectivity index (χ0v) is 6.62. The number of aliphatic carboxylic acids is 1. The molecule has 0 radical (unpaired) electrons. The third-order valence-electron chi connectivity index (χ3n) is 1.44. The van der Waals surface area contributed by atoms with Crippen molar-refractivity contribution in [2.24, 2.45) is 0 Å². The summed E-state index contributed by atoms with van der Waals surface area (Å²) in [6, 6.07) is 5.27. The minimum absolute atomic E-state index is 0.135. The van der Waals surface area contributed by atoms with Crippen LogP contribution in [0.1, 0.15) is 11.1 Å². The quantitative estimate of drug-likeness (QED) is 0.744. The van der Waals surface area contributed by atoms with Gasteiger partial charge in [0, 0.05) is 0 Å². The molecule has 4 heteroatoms. The highest BCUT2D eigenvalue weighted by molar-refractivity contribution is 5.70. The van der Waals surface area contributed by atoms with Crippen LogP contribution in [0.25, 0.3) is 0 Å². The van der Waals surface area contributed by atoms with Crippen molar-refractivity contribution in [1.82, 2.24) is 0 Å². The molecule has 0 spiro atoms. The average Bonchev–Trinajstić information content (AvgIpc) is 2.01. The van der Waals surface area contributed by atoms with Crippen LogP contribution in [0.3, 0.4) is 0 Å². The Balaban J connectivity index is 3.03. The molecule has 0 fully saturated rings. The molecule has 1 N–H and O–H groups in total. The van der Waals surface area contributed by atoms with Crippen LogP contribution in [-0.2, 0) is 11.2 Å². The highest BCUT2D eigenvalue weighted by Gasteiger charge is 2.04. The maximum Gasteiger partial charge on any atom is 0.307 e. The SMILES string of the molecule is N#Cc1cc(F)cc(CC(=O)O)c1. The number of hydrogen-bond acceptors (Lipinski definition) is 2. The summed E-state index contributed by atoms with van der Waals surface area (Å²) in [5.41, 5.74) is 0.431. The van der Waals surface area contributed by atoms with E-state index in [9.17, 15) is 9.18 Å². The summed E-state index contributed by atoms with van der Waals surface area (Å²) in [5.74, 6) is -1.63. The van der Waals surface area contributed by atoms with E-state index in [1.54, 1.807) is 6.07 Å². The van der Waals surface area contributed by atoms with E-state index in [4.69, 9.17) is 10.4 Å². The molecular weight excluding hydrogens is 173 g/mol. The van der Waals surface area contributed by atoms with Gasteiger partial charge >= 0.3 is 5.97 Å². The zero-order valence-electron chi connectivity index (χ0n) is 6.62. The monoisotopic (exact) mass is 179 g/mol. The van der Waals surface area contributed by atoms with E-state index in [0.29, 0.717) is 5.56 Å². The molecule has 0 aliphatic heterocycles. The number of carboxylic acid groups (broad SMARTS) is 1. The Morgan fingerprint density at radius 1 is 1.54 bits per heavy atom. The number of benzene rings is 1. The number of carboxylic acids is 1. The van der Waals surface area contributed by atoms with Gasteiger partial charge in [-0.2, -0.15) is 5.26 Å². The molecule has 1 aromatic rings. The number of nitrogens with zero attached hydrogens (tertiary/aromatic N) is 1. The molecule has 3 nitrogen and oxygen atoms in total. The van der Waals surface area contributed by atoms with E-state index < -0.39 is 11.8 Å². The molecule has 0 heterocycles. The van der Waals surface area contributed by atoms with Gasteiger partial charge in [-0.05, 0) is 23.8 Å². The van der Waals surface area contributed by atoms with Gasteiger partial charge in [0.15, 0.2) is 0 Å². The topological polar surface area (TPSA) is 61.1 Å². The summed E-state index contributed by atoms with van der Waals surface area (Å²) >= 11 is 0. The highest BCUT2D eigenvalue weighted by atomic mass is 19.1. The lowest BCUT2D eigenvalue weighted by molar-refractivity contribution is -0.136. The van der Waals surface area contributed by atoms with Crippen LogP contribution in [0.15, 0.2) is 18.2 Å². The van der Waals surface area contributed by atoms with E-state index in [1.165, 1.54) is 6.07 Å². The van der Waals surface area contributed by atoms with Crippen LogP contribution in [0.2, 0.25) is 0 Å². The van der Waals surface area contributed by atoms with E-state index in [0.717, 1.165) is 12.1 Å². The average molecular weight is 179 g/mol. The first-order chi connectivity index (χ1) is 6.11. The third kappa shape index (κ3) is 2.56. The van der Waals surface area contributed by atoms with Crippen molar-refractivity contribution < 1.29 is 14.3 Å². The predicted molar refractivity (Wildman–Crippen MR) is 42.5 cm³/mol. The fourth-order valence-corrected chi connectivity index (χ4v) is 0.992. The highest BCUT2D eigenvalue weighted by Crippen LogP contribution is 2.08. The van der Waals surface area contributed by atoms with Crippen molar-refractivity contribution in [3.05, 3.63) is 35.1 Å². The van der Waals surface area contributed by atoms with Gasteiger partial charge in [-0.25, -0.2) is 4.39 Å². The smallest absolute Gasteiger partial charge is 0.307 e. The standard InChI is InChI=1S/C9H6FNO2/c10-8-2-6(4-9(12)13)1-7(3-8)5-11/h1-3H,4H2,(H,12,13). The summed E-state index contributed by atoms with van der Waals surface area (Å²) < 4.78 is 12.7. The molecule has 0 saturated carbocycles. The second kappa shape index (κ2) is 3.68. The van der Waals surface area contributed by atoms with Crippen molar-refractivity contribution in [2.75, 3.05) is 0 Å². The van der Waals surface area contributed by atoms with Gasteiger partial charge in [0.1, 0.15) is 5.82 Å². The minimum Gasteiger partial charge on any atom is -0.481 e. The number of nitriles is 1. The maximum atomic E-state index is 12.7. The first kappa shape index (κ1) is 9.20. The Morgan fingerprint density at radius 3 is 2.77 bits per heavy atom. The molecule has 0 aliphatic rings. The lowest BCUT2D eigenvalue weighted by Gasteiger charge is -1.97. The van der Waals surface area contributed by atoms with Crippen LogP contribution in [0.5, 0.6) is 0 Å². The molecule has 0 atom stereocenters. The van der Waals surface area contributed by atoms with Gasteiger partial charge in [0.25, 0.3) is 0 Å². The maximum absolute atomic E-state index is 12.7. The number of rotatable bonds is 2. The van der Waals surface area contributed by atoms with Gasteiger partial charge < -0.3 is 5.11 Å². The predicted octanol–water partition coefficient (Wildman–Crippen LogP) is 1.32. The fraction of sp³-hybridized carbons (Fsp3) is 0.111. The Morgan fingerprint density at radius 2 is 2.23 bits per heavy atom. The Kier molecular flexibility index (Phi) is 2.60. The summed E-state index contributed by atoms with van der Waals surface area (Å²) in [7, 11) is 0. The van der Waals surface area contributed by atoms with Crippen LogP contribution < -0.4 is 0 Å². The molecular formula is C9H6FNO2. The zero-order chi connectivity index (χ0) is 9.84. The van der Waals surface area contributed by atoms with Crippen molar-refractivity contribution in [2.45, 2.75) is 6.42 Å². The summed E-state index contributed by atoms with van der Waals surface area (Å²) in [6.45, 7) is 0. The Hall–Kier alpha value is -1.89. The van der Waals surface area contributed by atoms with Crippen molar-refractivity contribution in [3.8, 4) is 6.07 Å². The largest absolute Gasteiger partial charge is 0.481 e. The lowest BCUT2D eigenvalue weighted by Crippen LogP contribution is -2.00. The van der Waals surface area contributed by atoms with Crippen LogP contribution >= 0.6 is 0 Å². The number of hydrogen-bond donors (Lipinski definition) is 1. The second-order valence-electron chi connectivity index (χ2n) is 2.53. The molecule has 0 unspecified atom stereocenters. The molecule has 0 bridgehead atoms. The van der Waals surface area contributed by atoms with E-state index in [-0.39, 0.29) is 12.0 Å². The van der Waals surface area contributed by atoms with Crippen LogP contribution in [0, 0.1) is 17.1 Å². The van der Waals surface area contributed by atoms with E-state index >= 15 is 0 Å². The van der Waals surface area contributed by atoms with Crippen LogP contribution in [-0.4, -0.2) is 11.1 Å². The van der Waals surface area contributed by atoms with E-state index in [2.05, 4.69) is 0 Å². The fourth-order valence-electron chi connectivity index (χ4n) is 0.992. The molecule has 13 heavy (non-hydrogen) atoms. The second-order valence-corrected chi connectivity index (χ2v) is 2.53.